The molecule has 1 saturated heterocycles. The molecular weight excluding hydrogens is 274 g/mol. The van der Waals surface area contributed by atoms with Gasteiger partial charge in [0.05, 0.1) is 5.75 Å². The number of rotatable bonds is 5. The third-order valence-corrected chi connectivity index (χ3v) is 4.75. The number of nitrogens with zero attached hydrogens (tertiary/aromatic N) is 4. The summed E-state index contributed by atoms with van der Waals surface area (Å²) in [6.07, 6.45) is 6.18. The zero-order valence-corrected chi connectivity index (χ0v) is 12.7. The van der Waals surface area contributed by atoms with Crippen LogP contribution in [0.15, 0.2) is 5.16 Å². The minimum Gasteiger partial charge on any atom is -0.358 e. The van der Waals surface area contributed by atoms with Gasteiger partial charge < -0.3 is 10.2 Å². The molecule has 1 saturated carbocycles. The highest BCUT2D eigenvalue weighted by molar-refractivity contribution is 7.99. The topological polar surface area (TPSA) is 63.1 Å². The van der Waals surface area contributed by atoms with Crippen LogP contribution in [0, 0.1) is 0 Å². The average molecular weight is 295 g/mol. The lowest BCUT2D eigenvalue weighted by atomic mass is 10.1. The van der Waals surface area contributed by atoms with Gasteiger partial charge in [-0.25, -0.2) is 0 Å². The van der Waals surface area contributed by atoms with E-state index in [2.05, 4.69) is 25.0 Å². The fourth-order valence-electron chi connectivity index (χ4n) is 2.53. The predicted molar refractivity (Wildman–Crippen MR) is 79.1 cm³/mol. The third-order valence-electron chi connectivity index (χ3n) is 3.81. The number of amides is 1. The Labute approximate surface area is 123 Å². The number of thioether (sulfide) groups is 1. The normalized spacial score (nSPS) is 19.1. The van der Waals surface area contributed by atoms with Gasteiger partial charge in [0.25, 0.3) is 0 Å². The summed E-state index contributed by atoms with van der Waals surface area (Å²) < 4.78 is 2.25. The number of carbonyl (C=O) groups excluding carboxylic acids is 1. The summed E-state index contributed by atoms with van der Waals surface area (Å²) in [5.41, 5.74) is 0. The summed E-state index contributed by atoms with van der Waals surface area (Å²) in [6, 6.07) is 0.536. The van der Waals surface area contributed by atoms with Crippen molar-refractivity contribution in [2.24, 2.45) is 0 Å². The monoisotopic (exact) mass is 295 g/mol. The predicted octanol–water partition coefficient (Wildman–Crippen LogP) is 1.44. The SMILES string of the molecule is CNC(=O)CSc1nnc(N2CCCCC2)n1C1CC1. The van der Waals surface area contributed by atoms with Gasteiger partial charge in [0.15, 0.2) is 5.16 Å². The number of hydrogen-bond acceptors (Lipinski definition) is 5. The molecule has 1 N–H and O–H groups in total. The first-order valence-corrected chi connectivity index (χ1v) is 8.31. The van der Waals surface area contributed by atoms with Gasteiger partial charge >= 0.3 is 0 Å². The largest absolute Gasteiger partial charge is 0.358 e. The summed E-state index contributed by atoms with van der Waals surface area (Å²) in [5.74, 6) is 1.44. The van der Waals surface area contributed by atoms with Crippen molar-refractivity contribution in [1.82, 2.24) is 20.1 Å². The van der Waals surface area contributed by atoms with Crippen LogP contribution in [-0.2, 0) is 4.79 Å². The molecule has 110 valence electrons. The van der Waals surface area contributed by atoms with Gasteiger partial charge in [-0.15, -0.1) is 10.2 Å². The van der Waals surface area contributed by atoms with E-state index >= 15 is 0 Å². The Morgan fingerprint density at radius 3 is 2.70 bits per heavy atom. The van der Waals surface area contributed by atoms with Crippen LogP contribution in [0.2, 0.25) is 0 Å². The number of anilines is 1. The van der Waals surface area contributed by atoms with E-state index in [1.54, 1.807) is 7.05 Å². The highest BCUT2D eigenvalue weighted by atomic mass is 32.2. The van der Waals surface area contributed by atoms with E-state index < -0.39 is 0 Å². The van der Waals surface area contributed by atoms with Crippen LogP contribution in [0.1, 0.15) is 38.1 Å². The van der Waals surface area contributed by atoms with Crippen molar-refractivity contribution in [1.29, 1.82) is 0 Å². The molecule has 1 aliphatic carbocycles. The van der Waals surface area contributed by atoms with Gasteiger partial charge in [0, 0.05) is 26.2 Å². The molecule has 0 atom stereocenters. The van der Waals surface area contributed by atoms with Crippen LogP contribution in [-0.4, -0.2) is 46.6 Å². The van der Waals surface area contributed by atoms with E-state index in [-0.39, 0.29) is 5.91 Å². The van der Waals surface area contributed by atoms with Gasteiger partial charge in [0.2, 0.25) is 11.9 Å². The van der Waals surface area contributed by atoms with Crippen molar-refractivity contribution in [3.05, 3.63) is 0 Å². The zero-order chi connectivity index (χ0) is 13.9. The summed E-state index contributed by atoms with van der Waals surface area (Å²) in [6.45, 7) is 2.15. The molecule has 1 aromatic rings. The summed E-state index contributed by atoms with van der Waals surface area (Å²) in [4.78, 5) is 13.7. The fraction of sp³-hybridized carbons (Fsp3) is 0.769. The minimum absolute atomic E-state index is 0.0277. The lowest BCUT2D eigenvalue weighted by Gasteiger charge is -2.27. The van der Waals surface area contributed by atoms with Crippen LogP contribution in [0.5, 0.6) is 0 Å². The Bertz CT molecular complexity index is 479. The maximum Gasteiger partial charge on any atom is 0.230 e. The van der Waals surface area contributed by atoms with E-state index in [0.717, 1.165) is 24.2 Å². The highest BCUT2D eigenvalue weighted by Gasteiger charge is 2.32. The summed E-state index contributed by atoms with van der Waals surface area (Å²) in [5, 5.41) is 12.2. The molecule has 3 rings (SSSR count). The number of piperidine rings is 1. The first-order valence-electron chi connectivity index (χ1n) is 7.33. The molecule has 2 aliphatic rings. The van der Waals surface area contributed by atoms with Gasteiger partial charge in [-0.3, -0.25) is 9.36 Å². The van der Waals surface area contributed by atoms with Crippen molar-refractivity contribution in [3.8, 4) is 0 Å². The number of aromatic nitrogens is 3. The maximum absolute atomic E-state index is 11.4. The summed E-state index contributed by atoms with van der Waals surface area (Å²) >= 11 is 1.48. The molecule has 2 fully saturated rings. The van der Waals surface area contributed by atoms with E-state index in [0.29, 0.717) is 11.8 Å². The van der Waals surface area contributed by atoms with Crippen LogP contribution in [0.4, 0.5) is 5.95 Å². The van der Waals surface area contributed by atoms with Crippen LogP contribution in [0.3, 0.4) is 0 Å². The van der Waals surface area contributed by atoms with Crippen molar-refractivity contribution in [2.45, 2.75) is 43.3 Å². The van der Waals surface area contributed by atoms with Crippen LogP contribution >= 0.6 is 11.8 Å². The van der Waals surface area contributed by atoms with Crippen molar-refractivity contribution < 1.29 is 4.79 Å². The second-order valence-corrected chi connectivity index (χ2v) is 6.34. The van der Waals surface area contributed by atoms with Crippen molar-refractivity contribution in [3.63, 3.8) is 0 Å². The van der Waals surface area contributed by atoms with Gasteiger partial charge in [-0.2, -0.15) is 0 Å². The van der Waals surface area contributed by atoms with Crippen LogP contribution < -0.4 is 10.2 Å². The lowest BCUT2D eigenvalue weighted by molar-refractivity contribution is -0.118. The molecule has 1 aromatic heterocycles. The Balaban J connectivity index is 1.76. The minimum atomic E-state index is 0.0277. The maximum atomic E-state index is 11.4. The Kier molecular flexibility index (Phi) is 4.14. The molecule has 7 heteroatoms. The molecular formula is C13H21N5OS. The molecule has 2 heterocycles. The second-order valence-electron chi connectivity index (χ2n) is 5.39. The second kappa shape index (κ2) is 6.03. The van der Waals surface area contributed by atoms with E-state index in [1.807, 2.05) is 0 Å². The Morgan fingerprint density at radius 2 is 2.05 bits per heavy atom. The molecule has 0 unspecified atom stereocenters. The third kappa shape index (κ3) is 2.92. The standard InChI is InChI=1S/C13H21N5OS/c1-14-11(19)9-20-13-16-15-12(18(13)10-5-6-10)17-7-3-2-4-8-17/h10H,2-9H2,1H3,(H,14,19). The molecule has 0 bridgehead atoms. The average Bonchev–Trinajstić information content (AvgIpc) is 3.25. The van der Waals surface area contributed by atoms with Gasteiger partial charge in [-0.05, 0) is 32.1 Å². The Hall–Kier alpha value is -1.24. The molecule has 0 radical (unpaired) electrons. The molecule has 0 spiro atoms. The van der Waals surface area contributed by atoms with E-state index in [4.69, 9.17) is 0 Å². The highest BCUT2D eigenvalue weighted by Crippen LogP contribution is 2.41. The quantitative estimate of drug-likeness (QED) is 0.833. The van der Waals surface area contributed by atoms with Crippen LogP contribution in [0.25, 0.3) is 0 Å². The van der Waals surface area contributed by atoms with E-state index in [1.165, 1.54) is 43.9 Å². The summed E-state index contributed by atoms with van der Waals surface area (Å²) in [7, 11) is 1.66. The number of hydrogen-bond donors (Lipinski definition) is 1. The Morgan fingerprint density at radius 1 is 1.30 bits per heavy atom. The fourth-order valence-corrected chi connectivity index (χ4v) is 3.40. The molecule has 1 aliphatic heterocycles. The van der Waals surface area contributed by atoms with Crippen molar-refractivity contribution in [2.75, 3.05) is 30.8 Å². The van der Waals surface area contributed by atoms with Gasteiger partial charge in [-0.1, -0.05) is 11.8 Å². The lowest BCUT2D eigenvalue weighted by Crippen LogP contribution is -2.32. The number of nitrogens with one attached hydrogen (secondary N) is 1. The first kappa shape index (κ1) is 13.7. The molecule has 1 amide bonds. The molecule has 20 heavy (non-hydrogen) atoms. The number of carbonyl (C=O) groups is 1. The first-order chi connectivity index (χ1) is 9.79. The zero-order valence-electron chi connectivity index (χ0n) is 11.8. The molecule has 6 nitrogen and oxygen atoms in total. The smallest absolute Gasteiger partial charge is 0.230 e. The van der Waals surface area contributed by atoms with Gasteiger partial charge in [0.1, 0.15) is 0 Å². The van der Waals surface area contributed by atoms with E-state index in [9.17, 15) is 4.79 Å². The van der Waals surface area contributed by atoms with Crippen molar-refractivity contribution >= 4 is 23.6 Å². The molecule has 0 aromatic carbocycles.